The van der Waals surface area contributed by atoms with Crippen LogP contribution in [0.4, 0.5) is 4.79 Å². The molecule has 116 valence electrons. The monoisotopic (exact) mass is 287 g/mol. The molecule has 0 aromatic rings. The number of hydrogen-bond acceptors (Lipinski definition) is 4. The number of urea groups is 1. The number of likely N-dealkylation sites (tertiary alicyclic amines) is 1. The summed E-state index contributed by atoms with van der Waals surface area (Å²) >= 11 is 0. The van der Waals surface area contributed by atoms with E-state index in [-0.39, 0.29) is 0 Å². The lowest BCUT2D eigenvalue weighted by molar-refractivity contribution is -0.141. The Morgan fingerprint density at radius 1 is 1.40 bits per heavy atom. The number of aliphatic hydroxyl groups excluding tert-OH is 1. The summed E-state index contributed by atoms with van der Waals surface area (Å²) < 4.78 is 0. The van der Waals surface area contributed by atoms with Crippen molar-refractivity contribution in [3.05, 3.63) is 0 Å². The molecule has 1 fully saturated rings. The lowest BCUT2D eigenvalue weighted by Crippen LogP contribution is -2.52. The Hall–Kier alpha value is -1.34. The lowest BCUT2D eigenvalue weighted by atomic mass is 10.2. The molecule has 0 spiro atoms. The van der Waals surface area contributed by atoms with E-state index in [0.717, 1.165) is 19.5 Å². The largest absolute Gasteiger partial charge is 0.480 e. The molecule has 3 atom stereocenters. The first-order chi connectivity index (χ1) is 9.40. The maximum absolute atomic E-state index is 12.0. The minimum Gasteiger partial charge on any atom is -0.480 e. The maximum Gasteiger partial charge on any atom is 0.328 e. The molecule has 0 aromatic carbocycles. The SMILES string of the molecule is CCN(CC)C1CCN(C(=O)N[C@H](C(=O)O)[C@@H](C)O)C1. The molecule has 0 aromatic heterocycles. The molecular weight excluding hydrogens is 262 g/mol. The first-order valence-electron chi connectivity index (χ1n) is 7.11. The van der Waals surface area contributed by atoms with Gasteiger partial charge in [-0.3, -0.25) is 4.90 Å². The highest BCUT2D eigenvalue weighted by molar-refractivity contribution is 5.83. The van der Waals surface area contributed by atoms with Crippen molar-refractivity contribution in [3.63, 3.8) is 0 Å². The second kappa shape index (κ2) is 7.44. The summed E-state index contributed by atoms with van der Waals surface area (Å²) in [5.41, 5.74) is 0. The average Bonchev–Trinajstić information content (AvgIpc) is 2.86. The third-order valence-corrected chi connectivity index (χ3v) is 3.81. The average molecular weight is 287 g/mol. The van der Waals surface area contributed by atoms with Crippen molar-refractivity contribution in [2.45, 2.75) is 45.4 Å². The fourth-order valence-electron chi connectivity index (χ4n) is 2.58. The maximum atomic E-state index is 12.0. The highest BCUT2D eigenvalue weighted by atomic mass is 16.4. The summed E-state index contributed by atoms with van der Waals surface area (Å²) in [5.74, 6) is -1.23. The third kappa shape index (κ3) is 4.08. The number of nitrogens with one attached hydrogen (secondary N) is 1. The van der Waals surface area contributed by atoms with E-state index in [2.05, 4.69) is 24.1 Å². The molecule has 0 bridgehead atoms. The van der Waals surface area contributed by atoms with Crippen molar-refractivity contribution < 1.29 is 19.8 Å². The molecule has 0 radical (unpaired) electrons. The second-order valence-corrected chi connectivity index (χ2v) is 5.12. The first kappa shape index (κ1) is 16.7. The van der Waals surface area contributed by atoms with Crippen LogP contribution in [-0.4, -0.2) is 76.4 Å². The van der Waals surface area contributed by atoms with E-state index in [1.54, 1.807) is 4.90 Å². The summed E-state index contributed by atoms with van der Waals surface area (Å²) in [6.45, 7) is 8.59. The van der Waals surface area contributed by atoms with Crippen molar-refractivity contribution in [2.24, 2.45) is 0 Å². The highest BCUT2D eigenvalue weighted by Crippen LogP contribution is 2.15. The molecular formula is C13H25N3O4. The van der Waals surface area contributed by atoms with E-state index in [9.17, 15) is 14.7 Å². The van der Waals surface area contributed by atoms with Crippen LogP contribution >= 0.6 is 0 Å². The van der Waals surface area contributed by atoms with Gasteiger partial charge in [-0.2, -0.15) is 0 Å². The Bertz CT molecular complexity index is 345. The van der Waals surface area contributed by atoms with Crippen LogP contribution in [0.2, 0.25) is 0 Å². The van der Waals surface area contributed by atoms with Crippen LogP contribution in [0, 0.1) is 0 Å². The molecule has 7 nitrogen and oxygen atoms in total. The summed E-state index contributed by atoms with van der Waals surface area (Å²) in [7, 11) is 0. The minimum atomic E-state index is -1.27. The van der Waals surface area contributed by atoms with Gasteiger partial charge in [-0.25, -0.2) is 9.59 Å². The van der Waals surface area contributed by atoms with Crippen molar-refractivity contribution in [3.8, 4) is 0 Å². The molecule has 0 saturated carbocycles. The molecule has 3 N–H and O–H groups in total. The van der Waals surface area contributed by atoms with E-state index < -0.39 is 24.1 Å². The number of rotatable bonds is 6. The normalized spacial score (nSPS) is 21.9. The molecule has 0 aliphatic carbocycles. The second-order valence-electron chi connectivity index (χ2n) is 5.12. The Balaban J connectivity index is 2.55. The van der Waals surface area contributed by atoms with Crippen LogP contribution in [0.25, 0.3) is 0 Å². The van der Waals surface area contributed by atoms with E-state index in [0.29, 0.717) is 19.1 Å². The number of carbonyl (C=O) groups excluding carboxylic acids is 1. The van der Waals surface area contributed by atoms with Gasteiger partial charge in [0.15, 0.2) is 6.04 Å². The molecule has 1 aliphatic heterocycles. The van der Waals surface area contributed by atoms with Crippen LogP contribution in [0.5, 0.6) is 0 Å². The summed E-state index contributed by atoms with van der Waals surface area (Å²) in [6.07, 6.45) is -0.237. The summed E-state index contributed by atoms with van der Waals surface area (Å²) in [5, 5.41) is 20.7. The molecule has 2 amide bonds. The predicted octanol–water partition coefficient (Wildman–Crippen LogP) is -0.0539. The number of hydrogen-bond donors (Lipinski definition) is 3. The van der Waals surface area contributed by atoms with Crippen molar-refractivity contribution in [1.29, 1.82) is 0 Å². The van der Waals surface area contributed by atoms with Gasteiger partial charge in [0.2, 0.25) is 0 Å². The van der Waals surface area contributed by atoms with Gasteiger partial charge in [0.1, 0.15) is 0 Å². The molecule has 1 saturated heterocycles. The van der Waals surface area contributed by atoms with Gasteiger partial charge in [0.05, 0.1) is 6.10 Å². The van der Waals surface area contributed by atoms with Gasteiger partial charge in [0, 0.05) is 19.1 Å². The van der Waals surface area contributed by atoms with Crippen LogP contribution < -0.4 is 5.32 Å². The third-order valence-electron chi connectivity index (χ3n) is 3.81. The Morgan fingerprint density at radius 3 is 2.45 bits per heavy atom. The topological polar surface area (TPSA) is 93.1 Å². The number of aliphatic carboxylic acids is 1. The molecule has 7 heteroatoms. The van der Waals surface area contributed by atoms with Gasteiger partial charge in [0.25, 0.3) is 0 Å². The zero-order valence-electron chi connectivity index (χ0n) is 12.4. The van der Waals surface area contributed by atoms with Gasteiger partial charge in [-0.15, -0.1) is 0 Å². The molecule has 1 unspecified atom stereocenters. The number of likely N-dealkylation sites (N-methyl/N-ethyl adjacent to an activating group) is 1. The number of amides is 2. The molecule has 1 aliphatic rings. The highest BCUT2D eigenvalue weighted by Gasteiger charge is 2.32. The quantitative estimate of drug-likeness (QED) is 0.637. The fraction of sp³-hybridized carbons (Fsp3) is 0.846. The zero-order chi connectivity index (χ0) is 15.3. The molecule has 1 rings (SSSR count). The summed E-state index contributed by atoms with van der Waals surface area (Å²) in [4.78, 5) is 26.9. The van der Waals surface area contributed by atoms with E-state index in [1.807, 2.05) is 0 Å². The van der Waals surface area contributed by atoms with E-state index in [1.165, 1.54) is 6.92 Å². The Kier molecular flexibility index (Phi) is 6.22. The number of carboxylic acid groups (broad SMARTS) is 1. The minimum absolute atomic E-state index is 0.325. The van der Waals surface area contributed by atoms with Crippen LogP contribution in [-0.2, 0) is 4.79 Å². The lowest BCUT2D eigenvalue weighted by Gasteiger charge is -2.27. The Morgan fingerprint density at radius 2 is 2.00 bits per heavy atom. The van der Waals surface area contributed by atoms with Crippen molar-refractivity contribution in [1.82, 2.24) is 15.1 Å². The van der Waals surface area contributed by atoms with Gasteiger partial charge < -0.3 is 20.4 Å². The van der Waals surface area contributed by atoms with Gasteiger partial charge >= 0.3 is 12.0 Å². The number of carbonyl (C=O) groups is 2. The van der Waals surface area contributed by atoms with E-state index in [4.69, 9.17) is 5.11 Å². The number of nitrogens with zero attached hydrogens (tertiary/aromatic N) is 2. The number of aliphatic hydroxyl groups is 1. The predicted molar refractivity (Wildman–Crippen MR) is 74.5 cm³/mol. The zero-order valence-corrected chi connectivity index (χ0v) is 12.4. The fourth-order valence-corrected chi connectivity index (χ4v) is 2.58. The van der Waals surface area contributed by atoms with Crippen molar-refractivity contribution in [2.75, 3.05) is 26.2 Å². The Labute approximate surface area is 119 Å². The van der Waals surface area contributed by atoms with Crippen LogP contribution in [0.1, 0.15) is 27.2 Å². The molecule has 1 heterocycles. The standard InChI is InChI=1S/C13H25N3O4/c1-4-15(5-2)10-6-7-16(8-10)13(20)14-11(9(3)17)12(18)19/h9-11,17H,4-8H2,1-3H3,(H,14,20)(H,18,19)/t9-,10?,11+/m1/s1. The van der Waals surface area contributed by atoms with Crippen LogP contribution in [0.3, 0.4) is 0 Å². The first-order valence-corrected chi connectivity index (χ1v) is 7.11. The van der Waals surface area contributed by atoms with E-state index >= 15 is 0 Å². The van der Waals surface area contributed by atoms with Crippen molar-refractivity contribution >= 4 is 12.0 Å². The van der Waals surface area contributed by atoms with Gasteiger partial charge in [-0.1, -0.05) is 13.8 Å². The smallest absolute Gasteiger partial charge is 0.328 e. The summed E-state index contributed by atoms with van der Waals surface area (Å²) in [6, 6.07) is -1.37. The molecule has 20 heavy (non-hydrogen) atoms. The van der Waals surface area contributed by atoms with Crippen LogP contribution in [0.15, 0.2) is 0 Å². The number of carboxylic acids is 1. The van der Waals surface area contributed by atoms with Gasteiger partial charge in [-0.05, 0) is 26.4 Å².